The number of hydrogen-bond acceptors (Lipinski definition) is 1. The molecule has 0 aliphatic heterocycles. The Morgan fingerprint density at radius 1 is 1.56 bits per heavy atom. The molecule has 0 spiro atoms. The lowest BCUT2D eigenvalue weighted by atomic mass is 10.1. The second-order valence-corrected chi connectivity index (χ2v) is 2.15. The Kier molecular flexibility index (Phi) is 5.48. The average Bonchev–Trinajstić information content (AvgIpc) is 1.89. The molecule has 0 radical (unpaired) electrons. The van der Waals surface area contributed by atoms with Gasteiger partial charge in [-0.15, -0.1) is 0 Å². The minimum atomic E-state index is -1.23. The molecule has 1 unspecified atom stereocenters. The van der Waals surface area contributed by atoms with E-state index in [2.05, 4.69) is 0 Å². The normalized spacial score (nSPS) is 13.1. The molecule has 0 rings (SSSR count). The first-order valence-electron chi connectivity index (χ1n) is 3.40. The monoisotopic (exact) mass is 132 g/mol. The number of unbranched alkanes of at least 4 members (excludes halogenated alkanes) is 2. The maximum atomic E-state index is 12.1. The van der Waals surface area contributed by atoms with E-state index in [9.17, 15) is 9.18 Å². The van der Waals surface area contributed by atoms with Crippen LogP contribution < -0.4 is 0 Å². The first-order valence-corrected chi connectivity index (χ1v) is 3.40. The molecule has 0 aliphatic rings. The molecule has 0 aromatic rings. The fourth-order valence-corrected chi connectivity index (χ4v) is 0.657. The van der Waals surface area contributed by atoms with Gasteiger partial charge < -0.3 is 4.79 Å². The summed E-state index contributed by atoms with van der Waals surface area (Å²) < 4.78 is 12.1. The maximum absolute atomic E-state index is 12.1. The largest absolute Gasteiger partial charge is 0.300 e. The van der Waals surface area contributed by atoms with Gasteiger partial charge in [-0.2, -0.15) is 0 Å². The number of aldehydes is 1. The van der Waals surface area contributed by atoms with Crippen LogP contribution in [0.5, 0.6) is 0 Å². The van der Waals surface area contributed by atoms with E-state index in [4.69, 9.17) is 0 Å². The number of carbonyl (C=O) groups is 1. The zero-order valence-electron chi connectivity index (χ0n) is 5.77. The third kappa shape index (κ3) is 5.47. The van der Waals surface area contributed by atoms with Gasteiger partial charge in [0.2, 0.25) is 0 Å². The summed E-state index contributed by atoms with van der Waals surface area (Å²) in [5.41, 5.74) is 0. The Morgan fingerprint density at radius 3 is 2.67 bits per heavy atom. The minimum absolute atomic E-state index is 0.371. The summed E-state index contributed by atoms with van der Waals surface area (Å²) in [7, 11) is 0. The Morgan fingerprint density at radius 2 is 2.22 bits per heavy atom. The van der Waals surface area contributed by atoms with Crippen molar-refractivity contribution in [1.82, 2.24) is 0 Å². The molecule has 0 saturated carbocycles. The van der Waals surface area contributed by atoms with Gasteiger partial charge in [0.25, 0.3) is 0 Å². The lowest BCUT2D eigenvalue weighted by molar-refractivity contribution is -0.112. The molecule has 1 nitrogen and oxygen atoms in total. The number of halogens is 1. The lowest BCUT2D eigenvalue weighted by Gasteiger charge is -1.96. The van der Waals surface area contributed by atoms with E-state index >= 15 is 0 Å². The quantitative estimate of drug-likeness (QED) is 0.413. The molecule has 9 heavy (non-hydrogen) atoms. The van der Waals surface area contributed by atoms with Crippen molar-refractivity contribution in [2.45, 2.75) is 38.8 Å². The van der Waals surface area contributed by atoms with Crippen molar-refractivity contribution in [3.05, 3.63) is 0 Å². The summed E-state index contributed by atoms with van der Waals surface area (Å²) in [4.78, 5) is 9.72. The number of carbonyl (C=O) groups excluding carboxylic acids is 1. The Balaban J connectivity index is 2.96. The Hall–Kier alpha value is -0.400. The van der Waals surface area contributed by atoms with E-state index in [1.807, 2.05) is 6.92 Å². The molecule has 0 saturated heterocycles. The third-order valence-electron chi connectivity index (χ3n) is 1.23. The number of alkyl halides is 1. The highest BCUT2D eigenvalue weighted by molar-refractivity contribution is 5.55. The van der Waals surface area contributed by atoms with Crippen LogP contribution in [-0.2, 0) is 4.79 Å². The van der Waals surface area contributed by atoms with Gasteiger partial charge in [-0.05, 0) is 6.42 Å². The molecule has 54 valence electrons. The van der Waals surface area contributed by atoms with Gasteiger partial charge in [0, 0.05) is 0 Å². The van der Waals surface area contributed by atoms with Crippen molar-refractivity contribution in [3.63, 3.8) is 0 Å². The molecular weight excluding hydrogens is 119 g/mol. The summed E-state index contributed by atoms with van der Waals surface area (Å²) in [5, 5.41) is 0. The Labute approximate surface area is 55.3 Å². The first-order chi connectivity index (χ1) is 4.31. The molecule has 0 aliphatic carbocycles. The van der Waals surface area contributed by atoms with Crippen LogP contribution in [0.4, 0.5) is 4.39 Å². The van der Waals surface area contributed by atoms with Gasteiger partial charge in [0.1, 0.15) is 0 Å². The van der Waals surface area contributed by atoms with Crippen LogP contribution in [0.3, 0.4) is 0 Å². The molecule has 0 aromatic carbocycles. The summed E-state index contributed by atoms with van der Waals surface area (Å²) in [6.07, 6.45) is 2.47. The van der Waals surface area contributed by atoms with E-state index in [1.54, 1.807) is 0 Å². The smallest absolute Gasteiger partial charge is 0.155 e. The first kappa shape index (κ1) is 8.60. The van der Waals surface area contributed by atoms with Crippen molar-refractivity contribution < 1.29 is 9.18 Å². The van der Waals surface area contributed by atoms with Crippen LogP contribution in [0, 0.1) is 0 Å². The van der Waals surface area contributed by atoms with Gasteiger partial charge in [-0.3, -0.25) is 0 Å². The molecule has 0 aromatic heterocycles. The second-order valence-electron chi connectivity index (χ2n) is 2.15. The minimum Gasteiger partial charge on any atom is -0.300 e. The summed E-state index contributed by atoms with van der Waals surface area (Å²) >= 11 is 0. The fourth-order valence-electron chi connectivity index (χ4n) is 0.657. The van der Waals surface area contributed by atoms with Crippen LogP contribution in [0.1, 0.15) is 32.6 Å². The SMILES string of the molecule is CCCCCC(F)C=O. The summed E-state index contributed by atoms with van der Waals surface area (Å²) in [6.45, 7) is 2.05. The van der Waals surface area contributed by atoms with E-state index in [0.717, 1.165) is 19.3 Å². The van der Waals surface area contributed by atoms with Crippen molar-refractivity contribution in [2.24, 2.45) is 0 Å². The molecule has 0 fully saturated rings. The van der Waals surface area contributed by atoms with Crippen molar-refractivity contribution >= 4 is 6.29 Å². The molecule has 0 amide bonds. The number of rotatable bonds is 5. The van der Waals surface area contributed by atoms with Crippen LogP contribution >= 0.6 is 0 Å². The van der Waals surface area contributed by atoms with Gasteiger partial charge in [0.15, 0.2) is 12.5 Å². The predicted octanol–water partition coefficient (Wildman–Crippen LogP) is 2.10. The zero-order valence-corrected chi connectivity index (χ0v) is 5.77. The summed E-state index contributed by atoms with van der Waals surface area (Å²) in [5.74, 6) is 0. The van der Waals surface area contributed by atoms with E-state index in [1.165, 1.54) is 0 Å². The standard InChI is InChI=1S/C7H13FO/c1-2-3-4-5-7(8)6-9/h6-7H,2-5H2,1H3. The van der Waals surface area contributed by atoms with Crippen LogP contribution in [0.2, 0.25) is 0 Å². The highest BCUT2D eigenvalue weighted by atomic mass is 19.1. The van der Waals surface area contributed by atoms with Crippen LogP contribution in [0.25, 0.3) is 0 Å². The fraction of sp³-hybridized carbons (Fsp3) is 0.857. The topological polar surface area (TPSA) is 17.1 Å². The summed E-state index contributed by atoms with van der Waals surface area (Å²) in [6, 6.07) is 0. The third-order valence-corrected chi connectivity index (χ3v) is 1.23. The molecule has 1 atom stereocenters. The molecular formula is C7H13FO. The van der Waals surface area contributed by atoms with E-state index in [-0.39, 0.29) is 0 Å². The molecule has 2 heteroatoms. The zero-order chi connectivity index (χ0) is 7.11. The average molecular weight is 132 g/mol. The van der Waals surface area contributed by atoms with Gasteiger partial charge >= 0.3 is 0 Å². The molecule has 0 bridgehead atoms. The highest BCUT2D eigenvalue weighted by Crippen LogP contribution is 2.03. The van der Waals surface area contributed by atoms with Crippen molar-refractivity contribution in [1.29, 1.82) is 0 Å². The molecule has 0 N–H and O–H groups in total. The van der Waals surface area contributed by atoms with Crippen LogP contribution in [-0.4, -0.2) is 12.5 Å². The second kappa shape index (κ2) is 5.73. The van der Waals surface area contributed by atoms with Crippen molar-refractivity contribution in [3.8, 4) is 0 Å². The van der Waals surface area contributed by atoms with Gasteiger partial charge in [0.05, 0.1) is 0 Å². The maximum Gasteiger partial charge on any atom is 0.155 e. The Bertz CT molecular complexity index is 73.3. The highest BCUT2D eigenvalue weighted by Gasteiger charge is 2.00. The van der Waals surface area contributed by atoms with Gasteiger partial charge in [-0.1, -0.05) is 26.2 Å². The van der Waals surface area contributed by atoms with E-state index < -0.39 is 6.17 Å². The van der Waals surface area contributed by atoms with Crippen LogP contribution in [0.15, 0.2) is 0 Å². The predicted molar refractivity (Wildman–Crippen MR) is 35.1 cm³/mol. The van der Waals surface area contributed by atoms with Gasteiger partial charge in [-0.25, -0.2) is 4.39 Å². The lowest BCUT2D eigenvalue weighted by Crippen LogP contribution is -1.99. The van der Waals surface area contributed by atoms with Crippen molar-refractivity contribution in [2.75, 3.05) is 0 Å². The molecule has 0 heterocycles. The van der Waals surface area contributed by atoms with E-state index in [0.29, 0.717) is 12.7 Å². The number of hydrogen-bond donors (Lipinski definition) is 0.